The van der Waals surface area contributed by atoms with E-state index in [-0.39, 0.29) is 15.2 Å². The first-order valence-corrected chi connectivity index (χ1v) is 10.7. The van der Waals surface area contributed by atoms with Crippen LogP contribution < -0.4 is 10.0 Å². The predicted octanol–water partition coefficient (Wildman–Crippen LogP) is 2.32. The van der Waals surface area contributed by atoms with Crippen molar-refractivity contribution in [1.29, 1.82) is 0 Å². The monoisotopic (exact) mass is 429 g/mol. The van der Waals surface area contributed by atoms with Gasteiger partial charge in [-0.3, -0.25) is 9.52 Å². The summed E-state index contributed by atoms with van der Waals surface area (Å²) in [5, 5.41) is 14.8. The molecule has 0 aliphatic heterocycles. The number of hydrogen-bond donors (Lipinski definition) is 2. The van der Waals surface area contributed by atoms with Crippen molar-refractivity contribution in [3.63, 3.8) is 0 Å². The lowest BCUT2D eigenvalue weighted by atomic mass is 10.1. The zero-order chi connectivity index (χ0) is 20.6. The molecule has 1 aromatic carbocycles. The number of thiazole rings is 1. The summed E-state index contributed by atoms with van der Waals surface area (Å²) in [7, 11) is -3.84. The molecule has 0 atom stereocenters. The van der Waals surface area contributed by atoms with E-state index < -0.39 is 10.0 Å². The largest absolute Gasteiger partial charge is 0.302 e. The Morgan fingerprint density at radius 1 is 1.14 bits per heavy atom. The van der Waals surface area contributed by atoms with Crippen LogP contribution in [0.5, 0.6) is 0 Å². The number of aryl methyl sites for hydroxylation is 1. The van der Waals surface area contributed by atoms with Crippen LogP contribution in [0.2, 0.25) is 0 Å². The molecule has 4 rings (SSSR count). The number of anilines is 2. The number of fused-ring (bicyclic) bond motifs is 1. The van der Waals surface area contributed by atoms with Crippen LogP contribution >= 0.6 is 11.3 Å². The van der Waals surface area contributed by atoms with Gasteiger partial charge in [0, 0.05) is 18.2 Å². The van der Waals surface area contributed by atoms with E-state index in [1.165, 1.54) is 13.3 Å². The molecular formula is C17H15N7O3S2. The van der Waals surface area contributed by atoms with Crippen LogP contribution in [0.1, 0.15) is 12.6 Å². The molecule has 0 unspecified atom stereocenters. The number of hydrogen-bond acceptors (Lipinski definition) is 8. The summed E-state index contributed by atoms with van der Waals surface area (Å²) in [6.45, 7) is 2.91. The maximum atomic E-state index is 12.7. The van der Waals surface area contributed by atoms with Crippen molar-refractivity contribution in [2.45, 2.75) is 18.1 Å². The number of nitrogens with zero attached hydrogens (tertiary/aromatic N) is 5. The zero-order valence-electron chi connectivity index (χ0n) is 15.3. The molecule has 0 bridgehead atoms. The highest BCUT2D eigenvalue weighted by molar-refractivity contribution is 7.94. The van der Waals surface area contributed by atoms with E-state index in [1.807, 2.05) is 6.07 Å². The summed E-state index contributed by atoms with van der Waals surface area (Å²) < 4.78 is 29.6. The Labute approximate surface area is 169 Å². The van der Waals surface area contributed by atoms with Gasteiger partial charge in [-0.25, -0.2) is 13.4 Å². The highest BCUT2D eigenvalue weighted by atomic mass is 32.2. The molecule has 0 aliphatic rings. The Hall–Kier alpha value is -3.38. The van der Waals surface area contributed by atoms with Crippen molar-refractivity contribution in [1.82, 2.24) is 24.8 Å². The lowest BCUT2D eigenvalue weighted by Crippen LogP contribution is -2.12. The Kier molecular flexibility index (Phi) is 4.72. The normalized spacial score (nSPS) is 11.5. The number of amides is 1. The van der Waals surface area contributed by atoms with Gasteiger partial charge in [-0.15, -0.1) is 10.2 Å². The van der Waals surface area contributed by atoms with Gasteiger partial charge in [0.1, 0.15) is 6.33 Å². The van der Waals surface area contributed by atoms with E-state index in [2.05, 4.69) is 30.3 Å². The molecule has 3 aromatic heterocycles. The molecule has 4 aromatic rings. The molecule has 29 heavy (non-hydrogen) atoms. The third kappa shape index (κ3) is 3.93. The molecule has 0 saturated carbocycles. The molecule has 10 nitrogen and oxygen atoms in total. The minimum atomic E-state index is -3.84. The fourth-order valence-electron chi connectivity index (χ4n) is 2.63. The second-order valence-corrected chi connectivity index (χ2v) is 8.98. The fourth-order valence-corrected chi connectivity index (χ4v) is 5.15. The quantitative estimate of drug-likeness (QED) is 0.498. The number of nitrogens with one attached hydrogen (secondary N) is 2. The van der Waals surface area contributed by atoms with Crippen LogP contribution in [0.15, 0.2) is 46.9 Å². The minimum absolute atomic E-state index is 0.0463. The van der Waals surface area contributed by atoms with Gasteiger partial charge in [0.15, 0.2) is 15.0 Å². The molecule has 2 N–H and O–H groups in total. The van der Waals surface area contributed by atoms with Crippen LogP contribution in [0.4, 0.5) is 10.8 Å². The first-order valence-electron chi connectivity index (χ1n) is 8.37. The summed E-state index contributed by atoms with van der Waals surface area (Å²) in [6, 6.07) is 10.4. The van der Waals surface area contributed by atoms with Crippen LogP contribution in [0, 0.1) is 6.92 Å². The third-order valence-electron chi connectivity index (χ3n) is 3.88. The fraction of sp³-hybridized carbons (Fsp3) is 0.118. The van der Waals surface area contributed by atoms with E-state index in [9.17, 15) is 13.2 Å². The Bertz CT molecular complexity index is 1310. The van der Waals surface area contributed by atoms with Crippen molar-refractivity contribution < 1.29 is 13.2 Å². The molecule has 0 saturated heterocycles. The molecule has 0 radical (unpaired) electrons. The smallest absolute Gasteiger partial charge is 0.273 e. The van der Waals surface area contributed by atoms with E-state index in [4.69, 9.17) is 0 Å². The van der Waals surface area contributed by atoms with Crippen LogP contribution in [0.3, 0.4) is 0 Å². The maximum absolute atomic E-state index is 12.7. The molecule has 12 heteroatoms. The lowest BCUT2D eigenvalue weighted by Gasteiger charge is -2.08. The van der Waals surface area contributed by atoms with Gasteiger partial charge in [-0.1, -0.05) is 23.5 Å². The average Bonchev–Trinajstić information content (AvgIpc) is 3.27. The van der Waals surface area contributed by atoms with Crippen LogP contribution in [-0.2, 0) is 14.8 Å². The molecular weight excluding hydrogens is 414 g/mol. The van der Waals surface area contributed by atoms with Crippen molar-refractivity contribution in [2.75, 3.05) is 10.0 Å². The van der Waals surface area contributed by atoms with Crippen molar-refractivity contribution >= 4 is 43.7 Å². The predicted molar refractivity (Wildman–Crippen MR) is 108 cm³/mol. The molecule has 0 spiro atoms. The van der Waals surface area contributed by atoms with Gasteiger partial charge in [0.05, 0.1) is 11.4 Å². The van der Waals surface area contributed by atoms with Crippen molar-refractivity contribution in [2.24, 2.45) is 0 Å². The van der Waals surface area contributed by atoms with Crippen LogP contribution in [0.25, 0.3) is 16.9 Å². The molecule has 0 fully saturated rings. The maximum Gasteiger partial charge on any atom is 0.273 e. The summed E-state index contributed by atoms with van der Waals surface area (Å²) in [5.74, 6) is -0.315. The first kappa shape index (κ1) is 19.0. The van der Waals surface area contributed by atoms with E-state index in [1.54, 1.807) is 41.8 Å². The SMILES string of the molecule is CC(=O)Nc1nc(C)c(S(=O)(=O)Nc2ccc(-c3ccc4nncn4n3)cc2)s1. The Balaban J connectivity index is 1.56. The minimum Gasteiger partial charge on any atom is -0.302 e. The summed E-state index contributed by atoms with van der Waals surface area (Å²) in [5.41, 5.74) is 2.86. The van der Waals surface area contributed by atoms with Gasteiger partial charge >= 0.3 is 0 Å². The standard InChI is InChI=1S/C17H15N7O3S2/c1-10-16(28-17(19-10)20-11(2)25)29(26,27)23-13-5-3-12(4-6-13)14-7-8-15-21-18-9-24(15)22-14/h3-9,23H,1-2H3,(H,19,20,25). The molecule has 148 valence electrons. The zero-order valence-corrected chi connectivity index (χ0v) is 17.0. The van der Waals surface area contributed by atoms with Gasteiger partial charge in [-0.05, 0) is 31.2 Å². The average molecular weight is 429 g/mol. The number of aromatic nitrogens is 5. The Morgan fingerprint density at radius 2 is 1.90 bits per heavy atom. The van der Waals surface area contributed by atoms with E-state index in [0.717, 1.165) is 16.9 Å². The van der Waals surface area contributed by atoms with Gasteiger partial charge in [0.2, 0.25) is 5.91 Å². The van der Waals surface area contributed by atoms with Gasteiger partial charge < -0.3 is 5.32 Å². The molecule has 0 aliphatic carbocycles. The topological polar surface area (TPSA) is 131 Å². The van der Waals surface area contributed by atoms with Crippen molar-refractivity contribution in [3.8, 4) is 11.3 Å². The second-order valence-electron chi connectivity index (χ2n) is 6.11. The highest BCUT2D eigenvalue weighted by Gasteiger charge is 2.22. The number of carbonyl (C=O) groups excluding carboxylic acids is 1. The summed E-state index contributed by atoms with van der Waals surface area (Å²) >= 11 is 0.898. The van der Waals surface area contributed by atoms with E-state index in [0.29, 0.717) is 22.7 Å². The van der Waals surface area contributed by atoms with E-state index >= 15 is 0 Å². The number of rotatable bonds is 5. The second kappa shape index (κ2) is 7.22. The van der Waals surface area contributed by atoms with Crippen molar-refractivity contribution in [3.05, 3.63) is 48.4 Å². The lowest BCUT2D eigenvalue weighted by molar-refractivity contribution is -0.114. The highest BCUT2D eigenvalue weighted by Crippen LogP contribution is 2.29. The third-order valence-corrected chi connectivity index (χ3v) is 6.94. The Morgan fingerprint density at radius 3 is 2.62 bits per heavy atom. The number of benzene rings is 1. The summed E-state index contributed by atoms with van der Waals surface area (Å²) in [4.78, 5) is 15.2. The molecule has 3 heterocycles. The van der Waals surface area contributed by atoms with Gasteiger partial charge in [-0.2, -0.15) is 9.61 Å². The first-order chi connectivity index (χ1) is 13.8. The van der Waals surface area contributed by atoms with Crippen LogP contribution in [-0.4, -0.2) is 39.1 Å². The number of sulfonamides is 1. The number of carbonyl (C=O) groups is 1. The summed E-state index contributed by atoms with van der Waals surface area (Å²) in [6.07, 6.45) is 1.51. The van der Waals surface area contributed by atoms with Gasteiger partial charge in [0.25, 0.3) is 10.0 Å². The molecule has 1 amide bonds.